The molecule has 0 unspecified atom stereocenters. The molecule has 26 heavy (non-hydrogen) atoms. The van der Waals surface area contributed by atoms with E-state index in [4.69, 9.17) is 0 Å². The zero-order valence-corrected chi connectivity index (χ0v) is 15.2. The van der Waals surface area contributed by atoms with Gasteiger partial charge < -0.3 is 15.5 Å². The first-order chi connectivity index (χ1) is 12.6. The number of rotatable bonds is 4. The lowest BCUT2D eigenvalue weighted by atomic mass is 9.88. The minimum atomic E-state index is -0.300. The summed E-state index contributed by atoms with van der Waals surface area (Å²) in [7, 11) is 0. The Hall–Kier alpha value is -2.11. The van der Waals surface area contributed by atoms with Crippen LogP contribution in [0.15, 0.2) is 24.3 Å². The number of urea groups is 1. The summed E-state index contributed by atoms with van der Waals surface area (Å²) in [5, 5.41) is 6.01. The lowest BCUT2D eigenvalue weighted by Crippen LogP contribution is -2.50. The van der Waals surface area contributed by atoms with Crippen molar-refractivity contribution in [1.29, 1.82) is 0 Å². The molecule has 1 aliphatic heterocycles. The summed E-state index contributed by atoms with van der Waals surface area (Å²) < 4.78 is 13.2. The number of nitrogens with zero attached hydrogens (tertiary/aromatic N) is 1. The molecule has 3 rings (SSSR count). The largest absolute Gasteiger partial charge is 0.353 e. The van der Waals surface area contributed by atoms with Crippen LogP contribution in [-0.2, 0) is 11.3 Å². The van der Waals surface area contributed by atoms with Crippen LogP contribution in [0.2, 0.25) is 0 Å². The molecule has 2 fully saturated rings. The first-order valence-corrected chi connectivity index (χ1v) is 9.69. The third-order valence-electron chi connectivity index (χ3n) is 5.44. The number of benzene rings is 1. The number of carbonyl (C=O) groups is 2. The minimum Gasteiger partial charge on any atom is -0.353 e. The Morgan fingerprint density at radius 1 is 1.08 bits per heavy atom. The van der Waals surface area contributed by atoms with Gasteiger partial charge in [-0.25, -0.2) is 9.18 Å². The predicted molar refractivity (Wildman–Crippen MR) is 97.9 cm³/mol. The molecule has 1 aliphatic carbocycles. The van der Waals surface area contributed by atoms with Gasteiger partial charge in [0.1, 0.15) is 5.82 Å². The van der Waals surface area contributed by atoms with E-state index in [0.29, 0.717) is 19.6 Å². The summed E-state index contributed by atoms with van der Waals surface area (Å²) in [6.45, 7) is 1.57. The van der Waals surface area contributed by atoms with Crippen molar-refractivity contribution in [3.05, 3.63) is 35.6 Å². The number of nitrogens with one attached hydrogen (secondary N) is 2. The van der Waals surface area contributed by atoms with E-state index < -0.39 is 0 Å². The number of hydrogen-bond acceptors (Lipinski definition) is 2. The van der Waals surface area contributed by atoms with Crippen LogP contribution in [0.4, 0.5) is 9.18 Å². The second-order valence-corrected chi connectivity index (χ2v) is 7.39. The maximum absolute atomic E-state index is 13.2. The molecule has 1 saturated carbocycles. The third kappa shape index (κ3) is 5.19. The van der Waals surface area contributed by atoms with E-state index in [0.717, 1.165) is 44.1 Å². The van der Waals surface area contributed by atoms with Gasteiger partial charge in [0.05, 0.1) is 0 Å². The van der Waals surface area contributed by atoms with E-state index >= 15 is 0 Å². The number of likely N-dealkylation sites (tertiary alicyclic amines) is 1. The smallest absolute Gasteiger partial charge is 0.317 e. The molecular weight excluding hydrogens is 333 g/mol. The Kier molecular flexibility index (Phi) is 6.47. The van der Waals surface area contributed by atoms with Crippen molar-refractivity contribution >= 4 is 11.9 Å². The molecule has 2 aliphatic rings. The van der Waals surface area contributed by atoms with Gasteiger partial charge in [-0.05, 0) is 43.4 Å². The number of piperidine rings is 1. The van der Waals surface area contributed by atoms with E-state index in [2.05, 4.69) is 10.6 Å². The van der Waals surface area contributed by atoms with Crippen molar-refractivity contribution in [2.75, 3.05) is 13.1 Å². The normalized spacial score (nSPS) is 19.2. The van der Waals surface area contributed by atoms with Gasteiger partial charge in [-0.1, -0.05) is 31.4 Å². The Morgan fingerprint density at radius 2 is 1.81 bits per heavy atom. The summed E-state index contributed by atoms with van der Waals surface area (Å²) in [5.41, 5.74) is 0.744. The molecule has 1 aromatic rings. The molecular formula is C20H28FN3O2. The minimum absolute atomic E-state index is 0.133. The van der Waals surface area contributed by atoms with Crippen LogP contribution in [-0.4, -0.2) is 36.0 Å². The molecule has 3 amide bonds. The summed E-state index contributed by atoms with van der Waals surface area (Å²) >= 11 is 0. The lowest BCUT2D eigenvalue weighted by molar-refractivity contribution is -0.126. The van der Waals surface area contributed by atoms with Crippen LogP contribution in [0.3, 0.4) is 0 Å². The van der Waals surface area contributed by atoms with E-state index in [-0.39, 0.29) is 29.7 Å². The van der Waals surface area contributed by atoms with Crippen LogP contribution < -0.4 is 10.6 Å². The molecule has 0 bridgehead atoms. The summed E-state index contributed by atoms with van der Waals surface area (Å²) in [4.78, 5) is 26.4. The predicted octanol–water partition coefficient (Wildman–Crippen LogP) is 3.20. The van der Waals surface area contributed by atoms with Crippen LogP contribution in [0.25, 0.3) is 0 Å². The SMILES string of the molecule is O=C(NC1CCN(C(=O)NCc2cccc(F)c2)CC1)C1CCCCC1. The summed E-state index contributed by atoms with van der Waals surface area (Å²) in [5.74, 6) is 0.0707. The second-order valence-electron chi connectivity index (χ2n) is 7.39. The van der Waals surface area contributed by atoms with Crippen molar-refractivity contribution in [1.82, 2.24) is 15.5 Å². The average molecular weight is 361 g/mol. The molecule has 0 aromatic heterocycles. The number of hydrogen-bond donors (Lipinski definition) is 2. The maximum Gasteiger partial charge on any atom is 0.317 e. The van der Waals surface area contributed by atoms with Gasteiger partial charge >= 0.3 is 6.03 Å². The molecule has 2 N–H and O–H groups in total. The van der Waals surface area contributed by atoms with Gasteiger partial charge in [-0.15, -0.1) is 0 Å². The summed E-state index contributed by atoms with van der Waals surface area (Å²) in [6, 6.07) is 6.27. The molecule has 0 radical (unpaired) electrons. The number of carbonyl (C=O) groups excluding carboxylic acids is 2. The first kappa shape index (κ1) is 18.7. The Bertz CT molecular complexity index is 623. The Labute approximate surface area is 154 Å². The van der Waals surface area contributed by atoms with E-state index in [9.17, 15) is 14.0 Å². The van der Waals surface area contributed by atoms with Gasteiger partial charge in [-0.2, -0.15) is 0 Å². The molecule has 0 atom stereocenters. The zero-order valence-electron chi connectivity index (χ0n) is 15.2. The molecule has 1 heterocycles. The third-order valence-corrected chi connectivity index (χ3v) is 5.44. The summed E-state index contributed by atoms with van der Waals surface area (Å²) in [6.07, 6.45) is 7.13. The number of amides is 3. The van der Waals surface area contributed by atoms with Crippen LogP contribution in [0.1, 0.15) is 50.5 Å². The van der Waals surface area contributed by atoms with Gasteiger partial charge in [0.15, 0.2) is 0 Å². The maximum atomic E-state index is 13.2. The highest BCUT2D eigenvalue weighted by atomic mass is 19.1. The Balaban J connectivity index is 1.38. The molecule has 1 saturated heterocycles. The van der Waals surface area contributed by atoms with Crippen molar-refractivity contribution < 1.29 is 14.0 Å². The highest BCUT2D eigenvalue weighted by molar-refractivity contribution is 5.79. The quantitative estimate of drug-likeness (QED) is 0.865. The topological polar surface area (TPSA) is 61.4 Å². The highest BCUT2D eigenvalue weighted by Gasteiger charge is 2.27. The number of halogens is 1. The average Bonchev–Trinajstić information content (AvgIpc) is 2.67. The monoisotopic (exact) mass is 361 g/mol. The van der Waals surface area contributed by atoms with Gasteiger partial charge in [-0.3, -0.25) is 4.79 Å². The van der Waals surface area contributed by atoms with Crippen molar-refractivity contribution in [3.8, 4) is 0 Å². The molecule has 0 spiro atoms. The molecule has 5 nitrogen and oxygen atoms in total. The molecule has 6 heteroatoms. The van der Waals surface area contributed by atoms with Crippen molar-refractivity contribution in [3.63, 3.8) is 0 Å². The van der Waals surface area contributed by atoms with Gasteiger partial charge in [0.2, 0.25) is 5.91 Å². The van der Waals surface area contributed by atoms with E-state index in [1.807, 2.05) is 0 Å². The first-order valence-electron chi connectivity index (χ1n) is 9.69. The lowest BCUT2D eigenvalue weighted by Gasteiger charge is -2.33. The molecule has 142 valence electrons. The van der Waals surface area contributed by atoms with Crippen molar-refractivity contribution in [2.24, 2.45) is 5.92 Å². The Morgan fingerprint density at radius 3 is 2.50 bits per heavy atom. The van der Waals surface area contributed by atoms with Crippen LogP contribution >= 0.6 is 0 Å². The van der Waals surface area contributed by atoms with Crippen molar-refractivity contribution in [2.45, 2.75) is 57.5 Å². The van der Waals surface area contributed by atoms with Gasteiger partial charge in [0, 0.05) is 31.6 Å². The fourth-order valence-electron chi connectivity index (χ4n) is 3.85. The van der Waals surface area contributed by atoms with E-state index in [1.165, 1.54) is 18.6 Å². The van der Waals surface area contributed by atoms with Gasteiger partial charge in [0.25, 0.3) is 0 Å². The van der Waals surface area contributed by atoms with Crippen LogP contribution in [0, 0.1) is 11.7 Å². The fourth-order valence-corrected chi connectivity index (χ4v) is 3.85. The van der Waals surface area contributed by atoms with E-state index in [1.54, 1.807) is 17.0 Å². The fraction of sp³-hybridized carbons (Fsp3) is 0.600. The standard InChI is InChI=1S/C20H28FN3O2/c21-17-8-4-5-15(13-17)14-22-20(26)24-11-9-18(10-12-24)23-19(25)16-6-2-1-3-7-16/h4-5,8,13,16,18H,1-3,6-7,9-12,14H2,(H,22,26)(H,23,25). The van der Waals surface area contributed by atoms with Crippen LogP contribution in [0.5, 0.6) is 0 Å². The molecule has 1 aromatic carbocycles. The second kappa shape index (κ2) is 9.01. The highest BCUT2D eigenvalue weighted by Crippen LogP contribution is 2.24. The zero-order chi connectivity index (χ0) is 18.4.